The summed E-state index contributed by atoms with van der Waals surface area (Å²) < 4.78 is 5.15. The number of Topliss-reactive ketones (excluding diaryl/α,β-unsaturated/α-hetero) is 1. The topological polar surface area (TPSA) is 105 Å². The molecule has 1 aliphatic heterocycles. The minimum absolute atomic E-state index is 0.0465. The van der Waals surface area contributed by atoms with E-state index in [4.69, 9.17) is 10.5 Å². The van der Waals surface area contributed by atoms with Crippen LogP contribution in [0.4, 0.5) is 0 Å². The number of carbonyl (C=O) groups is 2. The smallest absolute Gasteiger partial charge is 0.333 e. The number of thioether (sulfide) groups is 1. The molecule has 1 fully saturated rings. The molecular weight excluding hydrogens is 420 g/mol. The first-order valence-electron chi connectivity index (χ1n) is 11.1. The fourth-order valence-corrected chi connectivity index (χ4v) is 4.43. The predicted octanol–water partition coefficient (Wildman–Crippen LogP) is 1.21. The SMILES string of the molecule is CCC(C)[C@@H](CN[C@](CCSC)(C(=O)OC)C(=O)C1CCCCN1)NC[C@@H](N)CS. The van der Waals surface area contributed by atoms with Gasteiger partial charge in [0.1, 0.15) is 0 Å². The van der Waals surface area contributed by atoms with Crippen LogP contribution in [0.3, 0.4) is 0 Å². The molecule has 9 heteroatoms. The maximum Gasteiger partial charge on any atom is 0.333 e. The van der Waals surface area contributed by atoms with Crippen LogP contribution >= 0.6 is 24.4 Å². The second-order valence-electron chi connectivity index (χ2n) is 8.23. The van der Waals surface area contributed by atoms with E-state index < -0.39 is 11.5 Å². The fraction of sp³-hybridized carbons (Fsp3) is 0.905. The number of piperidine rings is 1. The van der Waals surface area contributed by atoms with Gasteiger partial charge in [-0.3, -0.25) is 10.1 Å². The summed E-state index contributed by atoms with van der Waals surface area (Å²) in [6, 6.07) is -0.291. The van der Waals surface area contributed by atoms with E-state index in [1.807, 2.05) is 6.26 Å². The normalized spacial score (nSPS) is 22.0. The first-order valence-corrected chi connectivity index (χ1v) is 13.1. The highest BCUT2D eigenvalue weighted by Crippen LogP contribution is 2.23. The Hall–Kier alpha value is -0.320. The van der Waals surface area contributed by atoms with Crippen LogP contribution in [0.15, 0.2) is 0 Å². The molecule has 0 aromatic heterocycles. The van der Waals surface area contributed by atoms with E-state index >= 15 is 0 Å². The Morgan fingerprint density at radius 3 is 2.63 bits per heavy atom. The highest BCUT2D eigenvalue weighted by atomic mass is 32.2. The van der Waals surface area contributed by atoms with Gasteiger partial charge in [-0.25, -0.2) is 4.79 Å². The Morgan fingerprint density at radius 1 is 1.37 bits per heavy atom. The number of methoxy groups -OCH3 is 1. The molecule has 0 aromatic rings. The molecular formula is C21H42N4O3S2. The van der Waals surface area contributed by atoms with Gasteiger partial charge in [0.15, 0.2) is 11.3 Å². The molecule has 0 radical (unpaired) electrons. The lowest BCUT2D eigenvalue weighted by molar-refractivity contribution is -0.154. The molecule has 5 atom stereocenters. The Balaban J connectivity index is 3.07. The molecule has 0 aromatic carbocycles. The summed E-state index contributed by atoms with van der Waals surface area (Å²) in [5.74, 6) is 1.04. The van der Waals surface area contributed by atoms with Gasteiger partial charge in [0.2, 0.25) is 0 Å². The third-order valence-corrected chi connectivity index (χ3v) is 7.18. The van der Waals surface area contributed by atoms with Gasteiger partial charge >= 0.3 is 5.97 Å². The van der Waals surface area contributed by atoms with E-state index in [1.165, 1.54) is 7.11 Å². The lowest BCUT2D eigenvalue weighted by Gasteiger charge is -2.37. The average molecular weight is 463 g/mol. The van der Waals surface area contributed by atoms with Crippen molar-refractivity contribution in [3.05, 3.63) is 0 Å². The number of ether oxygens (including phenoxy) is 1. The predicted molar refractivity (Wildman–Crippen MR) is 129 cm³/mol. The standard InChI is InChI=1S/C21H42N4O3S2/c1-5-15(2)18(24-12-16(22)14-29)13-25-21(9-11-30-4,20(27)28-3)19(26)17-8-6-7-10-23-17/h15-18,23-25,29H,5-14,22H2,1-4H3/t15?,16-,17?,18-,21+/m1/s1. The van der Waals surface area contributed by atoms with Crippen LogP contribution in [-0.4, -0.2) is 79.9 Å². The third kappa shape index (κ3) is 7.98. The number of nitrogens with two attached hydrogens (primary N) is 1. The van der Waals surface area contributed by atoms with Crippen molar-refractivity contribution in [2.45, 2.75) is 69.6 Å². The number of ketones is 1. The van der Waals surface area contributed by atoms with Crippen molar-refractivity contribution in [3.63, 3.8) is 0 Å². The zero-order valence-electron chi connectivity index (χ0n) is 19.0. The number of thiol groups is 1. The summed E-state index contributed by atoms with van der Waals surface area (Å²) in [4.78, 5) is 26.6. The Morgan fingerprint density at radius 2 is 2.10 bits per heavy atom. The maximum atomic E-state index is 13.6. The molecule has 0 bridgehead atoms. The van der Waals surface area contributed by atoms with Crippen LogP contribution in [0.5, 0.6) is 0 Å². The first-order chi connectivity index (χ1) is 14.4. The van der Waals surface area contributed by atoms with Gasteiger partial charge in [-0.15, -0.1) is 0 Å². The van der Waals surface area contributed by atoms with Crippen molar-refractivity contribution in [1.29, 1.82) is 0 Å². The van der Waals surface area contributed by atoms with Gasteiger partial charge in [-0.05, 0) is 43.7 Å². The maximum absolute atomic E-state index is 13.6. The number of carbonyl (C=O) groups excluding carboxylic acids is 2. The van der Waals surface area contributed by atoms with Crippen LogP contribution in [-0.2, 0) is 14.3 Å². The quantitative estimate of drug-likeness (QED) is 0.141. The van der Waals surface area contributed by atoms with Gasteiger partial charge in [0.05, 0.1) is 13.2 Å². The molecule has 1 aliphatic rings. The molecule has 176 valence electrons. The molecule has 2 unspecified atom stereocenters. The second-order valence-corrected chi connectivity index (χ2v) is 9.58. The zero-order chi connectivity index (χ0) is 22.6. The van der Waals surface area contributed by atoms with E-state index in [2.05, 4.69) is 42.4 Å². The zero-order valence-corrected chi connectivity index (χ0v) is 20.7. The van der Waals surface area contributed by atoms with Gasteiger partial charge in [-0.1, -0.05) is 26.7 Å². The summed E-state index contributed by atoms with van der Waals surface area (Å²) >= 11 is 5.88. The second kappa shape index (κ2) is 14.7. The molecule has 30 heavy (non-hydrogen) atoms. The summed E-state index contributed by atoms with van der Waals surface area (Å²) in [6.07, 6.45) is 6.15. The Bertz CT molecular complexity index is 520. The van der Waals surface area contributed by atoms with E-state index in [9.17, 15) is 9.59 Å². The minimum atomic E-state index is -1.34. The third-order valence-electron chi connectivity index (χ3n) is 6.09. The summed E-state index contributed by atoms with van der Waals surface area (Å²) in [6.45, 7) is 6.22. The van der Waals surface area contributed by atoms with Crippen LogP contribution in [0.25, 0.3) is 0 Å². The lowest BCUT2D eigenvalue weighted by Crippen LogP contribution is -2.66. The summed E-state index contributed by atoms with van der Waals surface area (Å²) in [5, 5.41) is 10.2. The molecule has 0 aliphatic carbocycles. The van der Waals surface area contributed by atoms with Gasteiger partial charge in [0.25, 0.3) is 0 Å². The number of rotatable bonds is 15. The van der Waals surface area contributed by atoms with E-state index in [1.54, 1.807) is 11.8 Å². The van der Waals surface area contributed by atoms with Crippen molar-refractivity contribution < 1.29 is 14.3 Å². The van der Waals surface area contributed by atoms with Gasteiger partial charge < -0.3 is 21.1 Å². The van der Waals surface area contributed by atoms with Crippen LogP contribution in [0.2, 0.25) is 0 Å². The highest BCUT2D eigenvalue weighted by Gasteiger charge is 2.49. The van der Waals surface area contributed by atoms with Crippen LogP contribution in [0.1, 0.15) is 46.0 Å². The number of hydrogen-bond donors (Lipinski definition) is 5. The Labute approximate surface area is 192 Å². The molecule has 0 spiro atoms. The van der Waals surface area contributed by atoms with Crippen molar-refractivity contribution in [2.24, 2.45) is 11.7 Å². The van der Waals surface area contributed by atoms with Crippen molar-refractivity contribution in [3.8, 4) is 0 Å². The monoisotopic (exact) mass is 462 g/mol. The molecule has 1 saturated heterocycles. The molecule has 0 amide bonds. The van der Waals surface area contributed by atoms with E-state index in [-0.39, 0.29) is 23.9 Å². The molecule has 1 heterocycles. The first kappa shape index (κ1) is 27.7. The fourth-order valence-electron chi connectivity index (χ4n) is 3.79. The lowest BCUT2D eigenvalue weighted by atomic mass is 9.83. The number of hydrogen-bond acceptors (Lipinski definition) is 9. The van der Waals surface area contributed by atoms with Gasteiger partial charge in [-0.2, -0.15) is 24.4 Å². The molecule has 7 nitrogen and oxygen atoms in total. The number of esters is 1. The van der Waals surface area contributed by atoms with Gasteiger partial charge in [0, 0.05) is 30.9 Å². The number of nitrogens with one attached hydrogen (secondary N) is 3. The molecule has 1 rings (SSSR count). The summed E-state index contributed by atoms with van der Waals surface area (Å²) in [5.41, 5.74) is 4.69. The van der Waals surface area contributed by atoms with Crippen molar-refractivity contribution in [2.75, 3.05) is 44.5 Å². The van der Waals surface area contributed by atoms with Crippen molar-refractivity contribution >= 4 is 36.1 Å². The summed E-state index contributed by atoms with van der Waals surface area (Å²) in [7, 11) is 1.36. The highest BCUT2D eigenvalue weighted by molar-refractivity contribution is 7.98. The van der Waals surface area contributed by atoms with E-state index in [0.717, 1.165) is 32.2 Å². The Kier molecular flexibility index (Phi) is 13.6. The van der Waals surface area contributed by atoms with Crippen LogP contribution in [0, 0.1) is 5.92 Å². The minimum Gasteiger partial charge on any atom is -0.467 e. The van der Waals surface area contributed by atoms with Crippen LogP contribution < -0.4 is 21.7 Å². The molecule has 0 saturated carbocycles. The van der Waals surface area contributed by atoms with Crippen molar-refractivity contribution in [1.82, 2.24) is 16.0 Å². The molecule has 5 N–H and O–H groups in total. The average Bonchev–Trinajstić information content (AvgIpc) is 2.79. The van der Waals surface area contributed by atoms with E-state index in [0.29, 0.717) is 36.9 Å². The largest absolute Gasteiger partial charge is 0.467 e.